The first kappa shape index (κ1) is 22.6. The molecule has 170 valence electrons. The molecule has 0 unspecified atom stereocenters. The van der Waals surface area contributed by atoms with Gasteiger partial charge in [-0.1, -0.05) is 11.6 Å². The zero-order valence-corrected chi connectivity index (χ0v) is 19.2. The number of hydrogen-bond acceptors (Lipinski definition) is 5. The molecule has 1 fully saturated rings. The van der Waals surface area contributed by atoms with Crippen LogP contribution in [0.25, 0.3) is 11.1 Å². The Kier molecular flexibility index (Phi) is 6.41. The lowest BCUT2D eigenvalue weighted by atomic mass is 9.94. The summed E-state index contributed by atoms with van der Waals surface area (Å²) >= 11 is 5.86. The lowest BCUT2D eigenvalue weighted by Crippen LogP contribution is -2.39. The number of aryl methyl sites for hydroxylation is 1. The minimum atomic E-state index is -3.72. The van der Waals surface area contributed by atoms with Gasteiger partial charge in [0, 0.05) is 42.8 Å². The van der Waals surface area contributed by atoms with E-state index in [9.17, 15) is 18.0 Å². The molecule has 2 aromatic carbocycles. The first-order valence-corrected chi connectivity index (χ1v) is 12.3. The van der Waals surface area contributed by atoms with Crippen LogP contribution >= 0.6 is 11.6 Å². The van der Waals surface area contributed by atoms with Crippen LogP contribution < -0.4 is 11.1 Å². The van der Waals surface area contributed by atoms with Crippen molar-refractivity contribution in [1.82, 2.24) is 8.87 Å². The molecule has 0 atom stereocenters. The van der Waals surface area contributed by atoms with Gasteiger partial charge in [0.15, 0.2) is 5.58 Å². The molecule has 0 saturated carbocycles. The van der Waals surface area contributed by atoms with Gasteiger partial charge in [0.1, 0.15) is 0 Å². The molecule has 8 nitrogen and oxygen atoms in total. The van der Waals surface area contributed by atoms with Crippen LogP contribution in [0.5, 0.6) is 0 Å². The number of amides is 1. The summed E-state index contributed by atoms with van der Waals surface area (Å²) in [6.45, 7) is 2.93. The molecule has 32 heavy (non-hydrogen) atoms. The first-order chi connectivity index (χ1) is 15.3. The average Bonchev–Trinajstić information content (AvgIpc) is 3.09. The maximum absolute atomic E-state index is 13.1. The number of aromatic nitrogens is 1. The molecular weight excluding hydrogens is 454 g/mol. The predicted octanol–water partition coefficient (Wildman–Crippen LogP) is 3.70. The Labute approximate surface area is 190 Å². The van der Waals surface area contributed by atoms with E-state index >= 15 is 0 Å². The molecule has 0 radical (unpaired) electrons. The molecule has 4 rings (SSSR count). The lowest BCUT2D eigenvalue weighted by molar-refractivity contribution is -0.117. The van der Waals surface area contributed by atoms with Gasteiger partial charge in [-0.25, -0.2) is 13.2 Å². The number of oxazole rings is 1. The second kappa shape index (κ2) is 9.09. The van der Waals surface area contributed by atoms with Crippen LogP contribution in [0.2, 0.25) is 5.02 Å². The maximum atomic E-state index is 13.1. The summed E-state index contributed by atoms with van der Waals surface area (Å²) < 4.78 is 34.3. The van der Waals surface area contributed by atoms with Gasteiger partial charge in [0.2, 0.25) is 15.9 Å². The van der Waals surface area contributed by atoms with Crippen molar-refractivity contribution in [2.45, 2.75) is 37.6 Å². The monoisotopic (exact) mass is 477 g/mol. The number of carbonyl (C=O) groups excluding carboxylic acids is 1. The highest BCUT2D eigenvalue weighted by molar-refractivity contribution is 7.89. The molecule has 2 heterocycles. The normalized spacial score (nSPS) is 15.8. The summed E-state index contributed by atoms with van der Waals surface area (Å²) in [7, 11) is -3.72. The first-order valence-electron chi connectivity index (χ1n) is 10.5. The Hall–Kier alpha value is -2.62. The number of nitrogens with zero attached hydrogens (tertiary/aromatic N) is 2. The van der Waals surface area contributed by atoms with Crippen molar-refractivity contribution in [1.29, 1.82) is 0 Å². The summed E-state index contributed by atoms with van der Waals surface area (Å²) in [5, 5.41) is 3.44. The number of carbonyl (C=O) groups is 1. The zero-order chi connectivity index (χ0) is 22.9. The van der Waals surface area contributed by atoms with Gasteiger partial charge in [-0.2, -0.15) is 4.31 Å². The highest BCUT2D eigenvalue weighted by Crippen LogP contribution is 2.28. The van der Waals surface area contributed by atoms with Crippen LogP contribution in [0.15, 0.2) is 56.6 Å². The summed E-state index contributed by atoms with van der Waals surface area (Å²) in [6.07, 6.45) is 1.52. The Balaban J connectivity index is 1.38. The van der Waals surface area contributed by atoms with Crippen molar-refractivity contribution in [2.24, 2.45) is 5.92 Å². The number of nitrogens with one attached hydrogen (secondary N) is 1. The molecule has 1 aliphatic heterocycles. The smallest absolute Gasteiger partial charge is 0.408 e. The summed E-state index contributed by atoms with van der Waals surface area (Å²) in [6, 6.07) is 11.4. The number of piperidine rings is 1. The van der Waals surface area contributed by atoms with Gasteiger partial charge in [-0.15, -0.1) is 0 Å². The Morgan fingerprint density at radius 2 is 1.84 bits per heavy atom. The molecule has 0 aliphatic carbocycles. The van der Waals surface area contributed by atoms with Gasteiger partial charge in [0.05, 0.1) is 10.4 Å². The van der Waals surface area contributed by atoms with Crippen LogP contribution in [0.3, 0.4) is 0 Å². The summed E-state index contributed by atoms with van der Waals surface area (Å²) in [5.74, 6) is -0.503. The Bertz CT molecular complexity index is 1290. The van der Waals surface area contributed by atoms with Crippen molar-refractivity contribution >= 4 is 44.3 Å². The van der Waals surface area contributed by atoms with E-state index in [0.29, 0.717) is 55.1 Å². The highest BCUT2D eigenvalue weighted by Gasteiger charge is 2.30. The molecule has 1 N–H and O–H groups in total. The second-order valence-electron chi connectivity index (χ2n) is 7.85. The number of rotatable bonds is 6. The van der Waals surface area contributed by atoms with Gasteiger partial charge in [0.25, 0.3) is 0 Å². The van der Waals surface area contributed by atoms with E-state index in [2.05, 4.69) is 5.32 Å². The fourth-order valence-electron chi connectivity index (χ4n) is 4.02. The number of anilines is 1. The molecule has 0 spiro atoms. The summed E-state index contributed by atoms with van der Waals surface area (Å²) in [5.41, 5.74) is 1.51. The second-order valence-corrected chi connectivity index (χ2v) is 10.2. The number of sulfonamides is 1. The van der Waals surface area contributed by atoms with Crippen molar-refractivity contribution in [3.05, 3.63) is 58.0 Å². The minimum absolute atomic E-state index is 0.0981. The third-order valence-corrected chi connectivity index (χ3v) is 7.92. The maximum Gasteiger partial charge on any atom is 0.419 e. The fourth-order valence-corrected chi connectivity index (χ4v) is 5.63. The average molecular weight is 478 g/mol. The van der Waals surface area contributed by atoms with Crippen LogP contribution in [-0.2, 0) is 21.4 Å². The van der Waals surface area contributed by atoms with E-state index in [0.717, 1.165) is 0 Å². The van der Waals surface area contributed by atoms with Crippen molar-refractivity contribution in [3.63, 3.8) is 0 Å². The number of benzene rings is 2. The fraction of sp³-hybridized carbons (Fsp3) is 0.364. The minimum Gasteiger partial charge on any atom is -0.408 e. The standard InChI is InChI=1S/C22H24ClN3O5S/c1-2-26-19-8-7-18(14-20(19)31-22(26)28)32(29,30)25-11-9-15(10-12-25)13-21(27)24-17-5-3-16(23)4-6-17/h3-8,14-15H,2,9-13H2,1H3,(H,24,27). The van der Waals surface area contributed by atoms with E-state index in [-0.39, 0.29) is 22.3 Å². The van der Waals surface area contributed by atoms with Gasteiger partial charge >= 0.3 is 5.76 Å². The Morgan fingerprint density at radius 3 is 2.50 bits per heavy atom. The van der Waals surface area contributed by atoms with E-state index in [1.54, 1.807) is 30.3 Å². The SMILES string of the molecule is CCn1c(=O)oc2cc(S(=O)(=O)N3CCC(CC(=O)Nc4ccc(Cl)cc4)CC3)ccc21. The quantitative estimate of drug-likeness (QED) is 0.583. The number of hydrogen-bond donors (Lipinski definition) is 1. The molecule has 1 aromatic heterocycles. The molecule has 1 aliphatic rings. The van der Waals surface area contributed by atoms with Crippen molar-refractivity contribution < 1.29 is 17.6 Å². The third-order valence-electron chi connectivity index (χ3n) is 5.77. The topological polar surface area (TPSA) is 102 Å². The van der Waals surface area contributed by atoms with Crippen LogP contribution in [-0.4, -0.2) is 36.3 Å². The van der Waals surface area contributed by atoms with Crippen LogP contribution in [0, 0.1) is 5.92 Å². The largest absolute Gasteiger partial charge is 0.419 e. The molecule has 10 heteroatoms. The van der Waals surface area contributed by atoms with Gasteiger partial charge in [-0.05, 0) is 62.1 Å². The third kappa shape index (κ3) is 4.60. The van der Waals surface area contributed by atoms with Gasteiger partial charge in [-0.3, -0.25) is 9.36 Å². The van der Waals surface area contributed by atoms with E-state index in [1.165, 1.54) is 21.0 Å². The van der Waals surface area contributed by atoms with E-state index in [4.69, 9.17) is 16.0 Å². The van der Waals surface area contributed by atoms with Crippen LogP contribution in [0.4, 0.5) is 5.69 Å². The molecule has 0 bridgehead atoms. The zero-order valence-electron chi connectivity index (χ0n) is 17.6. The van der Waals surface area contributed by atoms with E-state index in [1.807, 2.05) is 6.92 Å². The molecule has 1 saturated heterocycles. The van der Waals surface area contributed by atoms with Crippen LogP contribution in [0.1, 0.15) is 26.2 Å². The highest BCUT2D eigenvalue weighted by atomic mass is 35.5. The summed E-state index contributed by atoms with van der Waals surface area (Å²) in [4.78, 5) is 24.3. The molecule has 1 amide bonds. The van der Waals surface area contributed by atoms with E-state index < -0.39 is 15.8 Å². The van der Waals surface area contributed by atoms with Gasteiger partial charge < -0.3 is 9.73 Å². The number of fused-ring (bicyclic) bond motifs is 1. The number of halogens is 1. The Morgan fingerprint density at radius 1 is 1.16 bits per heavy atom. The predicted molar refractivity (Wildman–Crippen MR) is 122 cm³/mol. The van der Waals surface area contributed by atoms with Crippen molar-refractivity contribution in [2.75, 3.05) is 18.4 Å². The van der Waals surface area contributed by atoms with Crippen molar-refractivity contribution in [3.8, 4) is 0 Å². The molecule has 3 aromatic rings. The molecular formula is C22H24ClN3O5S. The lowest BCUT2D eigenvalue weighted by Gasteiger charge is -2.31.